The number of hydrogen-bond acceptors (Lipinski definition) is 3. The number of ether oxygens (including phenoxy) is 2. The van der Waals surface area contributed by atoms with Gasteiger partial charge >= 0.3 is 0 Å². The summed E-state index contributed by atoms with van der Waals surface area (Å²) in [7, 11) is 3.26. The van der Waals surface area contributed by atoms with E-state index in [2.05, 4.69) is 5.32 Å². The summed E-state index contributed by atoms with van der Waals surface area (Å²) < 4.78 is 10.6. The number of rotatable bonds is 7. The Morgan fingerprint density at radius 3 is 2.21 bits per heavy atom. The number of para-hydroxylation sites is 1. The summed E-state index contributed by atoms with van der Waals surface area (Å²) in [5.41, 5.74) is 3.30. The van der Waals surface area contributed by atoms with Crippen LogP contribution in [0.1, 0.15) is 16.7 Å². The van der Waals surface area contributed by atoms with Gasteiger partial charge in [-0.05, 0) is 35.4 Å². The van der Waals surface area contributed by atoms with Crippen molar-refractivity contribution in [3.8, 4) is 11.5 Å². The van der Waals surface area contributed by atoms with Gasteiger partial charge in [-0.1, -0.05) is 60.7 Å². The van der Waals surface area contributed by atoms with Crippen molar-refractivity contribution in [2.45, 2.75) is 6.54 Å². The van der Waals surface area contributed by atoms with Gasteiger partial charge in [0.2, 0.25) is 0 Å². The molecule has 142 valence electrons. The maximum Gasteiger partial charge on any atom is 0.252 e. The third-order valence-electron chi connectivity index (χ3n) is 4.39. The van der Waals surface area contributed by atoms with Gasteiger partial charge in [-0.15, -0.1) is 0 Å². The van der Waals surface area contributed by atoms with Gasteiger partial charge in [0.05, 0.1) is 14.2 Å². The smallest absolute Gasteiger partial charge is 0.252 e. The highest BCUT2D eigenvalue weighted by Crippen LogP contribution is 2.22. The van der Waals surface area contributed by atoms with Crippen LogP contribution in [0, 0.1) is 0 Å². The molecule has 4 nitrogen and oxygen atoms in total. The van der Waals surface area contributed by atoms with Gasteiger partial charge in [0, 0.05) is 17.7 Å². The summed E-state index contributed by atoms with van der Waals surface area (Å²) in [6.45, 7) is 0.385. The Morgan fingerprint density at radius 1 is 0.857 bits per heavy atom. The van der Waals surface area contributed by atoms with Gasteiger partial charge in [-0.25, -0.2) is 0 Å². The number of methoxy groups -OCH3 is 2. The van der Waals surface area contributed by atoms with E-state index in [1.54, 1.807) is 14.2 Å². The summed E-state index contributed by atoms with van der Waals surface area (Å²) in [4.78, 5) is 13.0. The minimum atomic E-state index is -0.145. The summed E-state index contributed by atoms with van der Waals surface area (Å²) in [6.07, 6.45) is 1.88. The Morgan fingerprint density at radius 2 is 1.54 bits per heavy atom. The lowest BCUT2D eigenvalue weighted by molar-refractivity contribution is -0.115. The van der Waals surface area contributed by atoms with Crippen LogP contribution in [0.15, 0.2) is 78.9 Å². The second-order valence-corrected chi connectivity index (χ2v) is 6.19. The van der Waals surface area contributed by atoms with Crippen molar-refractivity contribution in [1.29, 1.82) is 0 Å². The van der Waals surface area contributed by atoms with Crippen molar-refractivity contribution in [2.24, 2.45) is 0 Å². The summed E-state index contributed by atoms with van der Waals surface area (Å²) in [6, 6.07) is 24.9. The van der Waals surface area contributed by atoms with Crippen LogP contribution in [0.4, 0.5) is 0 Å². The van der Waals surface area contributed by atoms with Crippen LogP contribution in [0.2, 0.25) is 0 Å². The number of benzene rings is 3. The SMILES string of the molecule is COc1ccc(/C=C(/C(=O)NCc2ccccc2OC)c2ccccc2)cc1. The highest BCUT2D eigenvalue weighted by molar-refractivity contribution is 6.24. The Labute approximate surface area is 165 Å². The first kappa shape index (κ1) is 19.2. The molecule has 3 aromatic carbocycles. The number of hydrogen-bond donors (Lipinski definition) is 1. The van der Waals surface area contributed by atoms with E-state index in [4.69, 9.17) is 9.47 Å². The Kier molecular flexibility index (Phi) is 6.47. The highest BCUT2D eigenvalue weighted by atomic mass is 16.5. The largest absolute Gasteiger partial charge is 0.497 e. The Bertz CT molecular complexity index is 947. The van der Waals surface area contributed by atoms with E-state index >= 15 is 0 Å². The van der Waals surface area contributed by atoms with Crippen molar-refractivity contribution >= 4 is 17.6 Å². The quantitative estimate of drug-likeness (QED) is 0.488. The van der Waals surface area contributed by atoms with Crippen LogP contribution in [0.5, 0.6) is 11.5 Å². The minimum Gasteiger partial charge on any atom is -0.497 e. The number of amides is 1. The molecule has 0 aliphatic heterocycles. The molecule has 0 atom stereocenters. The summed E-state index contributed by atoms with van der Waals surface area (Å²) >= 11 is 0. The van der Waals surface area contributed by atoms with Crippen LogP contribution in [-0.4, -0.2) is 20.1 Å². The molecule has 4 heteroatoms. The Balaban J connectivity index is 1.86. The zero-order valence-electron chi connectivity index (χ0n) is 16.0. The van der Waals surface area contributed by atoms with E-state index in [9.17, 15) is 4.79 Å². The number of carbonyl (C=O) groups excluding carboxylic acids is 1. The predicted molar refractivity (Wildman–Crippen MR) is 112 cm³/mol. The first-order chi connectivity index (χ1) is 13.7. The molecule has 0 aromatic heterocycles. The van der Waals surface area contributed by atoms with E-state index in [1.165, 1.54) is 0 Å². The third kappa shape index (κ3) is 4.80. The Hall–Kier alpha value is -3.53. The molecule has 0 aliphatic carbocycles. The number of nitrogens with one attached hydrogen (secondary N) is 1. The molecule has 1 amide bonds. The highest BCUT2D eigenvalue weighted by Gasteiger charge is 2.13. The van der Waals surface area contributed by atoms with Gasteiger partial charge in [0.1, 0.15) is 11.5 Å². The first-order valence-corrected chi connectivity index (χ1v) is 9.02. The molecular formula is C24H23NO3. The lowest BCUT2D eigenvalue weighted by Crippen LogP contribution is -2.24. The minimum absolute atomic E-state index is 0.145. The van der Waals surface area contributed by atoms with Crippen LogP contribution in [-0.2, 0) is 11.3 Å². The first-order valence-electron chi connectivity index (χ1n) is 9.02. The van der Waals surface area contributed by atoms with E-state index in [1.807, 2.05) is 84.9 Å². The molecule has 28 heavy (non-hydrogen) atoms. The maximum absolute atomic E-state index is 13.0. The maximum atomic E-state index is 13.0. The molecule has 0 aliphatic rings. The fourth-order valence-electron chi connectivity index (χ4n) is 2.88. The summed E-state index contributed by atoms with van der Waals surface area (Å²) in [5.74, 6) is 1.38. The average Bonchev–Trinajstić information content (AvgIpc) is 2.77. The van der Waals surface area contributed by atoms with E-state index in [0.717, 1.165) is 28.2 Å². The molecule has 3 aromatic rings. The van der Waals surface area contributed by atoms with E-state index in [-0.39, 0.29) is 5.91 Å². The fourth-order valence-corrected chi connectivity index (χ4v) is 2.88. The van der Waals surface area contributed by atoms with Gasteiger partial charge in [-0.2, -0.15) is 0 Å². The van der Waals surface area contributed by atoms with E-state index < -0.39 is 0 Å². The summed E-state index contributed by atoms with van der Waals surface area (Å²) in [5, 5.41) is 3.00. The monoisotopic (exact) mass is 373 g/mol. The second kappa shape index (κ2) is 9.42. The third-order valence-corrected chi connectivity index (χ3v) is 4.39. The second-order valence-electron chi connectivity index (χ2n) is 6.19. The molecule has 1 N–H and O–H groups in total. The van der Waals surface area contributed by atoms with Gasteiger partial charge in [0.15, 0.2) is 0 Å². The molecule has 0 spiro atoms. The van der Waals surface area contributed by atoms with Crippen LogP contribution >= 0.6 is 0 Å². The van der Waals surface area contributed by atoms with Crippen LogP contribution in [0.25, 0.3) is 11.6 Å². The zero-order valence-corrected chi connectivity index (χ0v) is 16.0. The zero-order chi connectivity index (χ0) is 19.8. The standard InChI is InChI=1S/C24H23NO3/c1-27-21-14-12-18(13-15-21)16-22(19-8-4-3-5-9-19)24(26)25-17-20-10-6-7-11-23(20)28-2/h3-16H,17H2,1-2H3,(H,25,26)/b22-16+. The van der Waals surface area contributed by atoms with Crippen molar-refractivity contribution in [2.75, 3.05) is 14.2 Å². The molecule has 0 radical (unpaired) electrons. The molecular weight excluding hydrogens is 350 g/mol. The van der Waals surface area contributed by atoms with Gasteiger partial charge in [-0.3, -0.25) is 4.79 Å². The van der Waals surface area contributed by atoms with Crippen molar-refractivity contribution in [3.63, 3.8) is 0 Å². The predicted octanol–water partition coefficient (Wildman–Crippen LogP) is 4.56. The van der Waals surface area contributed by atoms with Crippen molar-refractivity contribution in [3.05, 3.63) is 95.6 Å². The van der Waals surface area contributed by atoms with E-state index in [0.29, 0.717) is 12.1 Å². The van der Waals surface area contributed by atoms with Gasteiger partial charge < -0.3 is 14.8 Å². The van der Waals surface area contributed by atoms with Crippen LogP contribution in [0.3, 0.4) is 0 Å². The molecule has 0 saturated carbocycles. The van der Waals surface area contributed by atoms with Crippen LogP contribution < -0.4 is 14.8 Å². The normalized spacial score (nSPS) is 11.0. The average molecular weight is 373 g/mol. The lowest BCUT2D eigenvalue weighted by atomic mass is 10.0. The lowest BCUT2D eigenvalue weighted by Gasteiger charge is -2.12. The molecule has 0 heterocycles. The topological polar surface area (TPSA) is 47.6 Å². The molecule has 0 fully saturated rings. The number of carbonyl (C=O) groups is 1. The molecule has 0 saturated heterocycles. The molecule has 0 bridgehead atoms. The fraction of sp³-hybridized carbons (Fsp3) is 0.125. The van der Waals surface area contributed by atoms with Crippen molar-refractivity contribution in [1.82, 2.24) is 5.32 Å². The van der Waals surface area contributed by atoms with Crippen molar-refractivity contribution < 1.29 is 14.3 Å². The van der Waals surface area contributed by atoms with Gasteiger partial charge in [0.25, 0.3) is 5.91 Å². The molecule has 3 rings (SSSR count). The molecule has 0 unspecified atom stereocenters.